The van der Waals surface area contributed by atoms with Crippen LogP contribution in [0.1, 0.15) is 50.9 Å². The minimum atomic E-state index is -1.05. The van der Waals surface area contributed by atoms with Crippen molar-refractivity contribution in [2.45, 2.75) is 47.1 Å². The molecule has 0 saturated carbocycles. The second-order valence-corrected chi connectivity index (χ2v) is 7.75. The lowest BCUT2D eigenvalue weighted by molar-refractivity contribution is -0.138. The number of aliphatic carboxylic acids is 1. The fourth-order valence-corrected chi connectivity index (χ4v) is 2.49. The van der Waals surface area contributed by atoms with Crippen LogP contribution in [0.5, 0.6) is 0 Å². The molecule has 0 aliphatic heterocycles. The lowest BCUT2D eigenvalue weighted by Crippen LogP contribution is -2.40. The highest BCUT2D eigenvalue weighted by molar-refractivity contribution is 5.97. The molecule has 7 heteroatoms. The van der Waals surface area contributed by atoms with Crippen molar-refractivity contribution in [3.05, 3.63) is 35.7 Å². The molecule has 2 aromatic rings. The molecule has 1 aromatic carbocycles. The maximum absolute atomic E-state index is 12.7. The summed E-state index contributed by atoms with van der Waals surface area (Å²) in [6.45, 7) is 9.46. The smallest absolute Gasteiger partial charge is 0.323 e. The van der Waals surface area contributed by atoms with E-state index >= 15 is 0 Å². The van der Waals surface area contributed by atoms with Crippen LogP contribution in [-0.4, -0.2) is 44.6 Å². The predicted molar refractivity (Wildman–Crippen MR) is 96.7 cm³/mol. The normalized spacial score (nSPS) is 11.6. The average Bonchev–Trinajstić information content (AvgIpc) is 2.98. The maximum Gasteiger partial charge on any atom is 0.323 e. The van der Waals surface area contributed by atoms with Gasteiger partial charge in [-0.25, -0.2) is 0 Å². The van der Waals surface area contributed by atoms with Crippen LogP contribution in [0, 0.1) is 5.41 Å². The summed E-state index contributed by atoms with van der Waals surface area (Å²) in [5, 5.41) is 13.0. The van der Waals surface area contributed by atoms with Crippen molar-refractivity contribution in [2.75, 3.05) is 6.54 Å². The van der Waals surface area contributed by atoms with Crippen molar-refractivity contribution in [1.29, 1.82) is 0 Å². The third-order valence-electron chi connectivity index (χ3n) is 3.71. The van der Waals surface area contributed by atoms with E-state index < -0.39 is 5.97 Å². The van der Waals surface area contributed by atoms with E-state index in [1.807, 2.05) is 0 Å². The molecule has 1 heterocycles. The molecule has 140 valence electrons. The minimum Gasteiger partial charge on any atom is -0.480 e. The molecule has 1 aromatic heterocycles. The Hall–Kier alpha value is -2.70. The first-order valence-corrected chi connectivity index (χ1v) is 8.52. The van der Waals surface area contributed by atoms with Crippen LogP contribution < -0.4 is 0 Å². The topological polar surface area (TPSA) is 96.5 Å². The summed E-state index contributed by atoms with van der Waals surface area (Å²) in [6, 6.07) is 6.59. The van der Waals surface area contributed by atoms with Crippen molar-refractivity contribution < 1.29 is 19.2 Å². The Morgan fingerprint density at radius 2 is 1.96 bits per heavy atom. The number of carboxylic acids is 1. The summed E-state index contributed by atoms with van der Waals surface area (Å²) < 4.78 is 5.30. The SMILES string of the molecule is CC(C)N(CC(=O)O)C(=O)c1cccc(-c2noc(CC(C)(C)C)n2)c1. The number of hydrogen-bond donors (Lipinski definition) is 1. The van der Waals surface area contributed by atoms with Gasteiger partial charge in [-0.1, -0.05) is 38.1 Å². The molecule has 0 aliphatic carbocycles. The molecular formula is C19H25N3O4. The van der Waals surface area contributed by atoms with Gasteiger partial charge in [0.15, 0.2) is 0 Å². The molecule has 2 rings (SSSR count). The summed E-state index contributed by atoms with van der Waals surface area (Å²) in [6.07, 6.45) is 0.651. The molecule has 0 saturated heterocycles. The molecule has 0 radical (unpaired) electrons. The fourth-order valence-electron chi connectivity index (χ4n) is 2.49. The highest BCUT2D eigenvalue weighted by Crippen LogP contribution is 2.23. The van der Waals surface area contributed by atoms with Crippen molar-refractivity contribution in [3.8, 4) is 11.4 Å². The molecule has 0 atom stereocenters. The number of amides is 1. The molecule has 26 heavy (non-hydrogen) atoms. The first kappa shape index (κ1) is 19.6. The number of benzene rings is 1. The van der Waals surface area contributed by atoms with Gasteiger partial charge in [-0.2, -0.15) is 4.98 Å². The molecule has 1 amide bonds. The Balaban J connectivity index is 2.27. The summed E-state index contributed by atoms with van der Waals surface area (Å²) >= 11 is 0. The van der Waals surface area contributed by atoms with E-state index in [1.54, 1.807) is 38.1 Å². The van der Waals surface area contributed by atoms with Crippen LogP contribution >= 0.6 is 0 Å². The zero-order valence-electron chi connectivity index (χ0n) is 15.8. The van der Waals surface area contributed by atoms with Crippen molar-refractivity contribution in [1.82, 2.24) is 15.0 Å². The van der Waals surface area contributed by atoms with E-state index in [0.717, 1.165) is 0 Å². The van der Waals surface area contributed by atoms with Gasteiger partial charge in [0.2, 0.25) is 11.7 Å². The van der Waals surface area contributed by atoms with Crippen LogP contribution in [-0.2, 0) is 11.2 Å². The lowest BCUT2D eigenvalue weighted by atomic mass is 9.92. The molecular weight excluding hydrogens is 334 g/mol. The third kappa shape index (κ3) is 5.15. The molecule has 7 nitrogen and oxygen atoms in total. The minimum absolute atomic E-state index is 0.0240. The van der Waals surface area contributed by atoms with Crippen LogP contribution in [0.25, 0.3) is 11.4 Å². The average molecular weight is 359 g/mol. The third-order valence-corrected chi connectivity index (χ3v) is 3.71. The summed E-state index contributed by atoms with van der Waals surface area (Å²) in [4.78, 5) is 29.4. The summed E-state index contributed by atoms with van der Waals surface area (Å²) in [5.74, 6) is -0.442. The van der Waals surface area contributed by atoms with E-state index in [0.29, 0.717) is 29.3 Å². The second-order valence-electron chi connectivity index (χ2n) is 7.75. The highest BCUT2D eigenvalue weighted by Gasteiger charge is 2.22. The van der Waals surface area contributed by atoms with E-state index in [-0.39, 0.29) is 23.9 Å². The summed E-state index contributed by atoms with van der Waals surface area (Å²) in [5.41, 5.74) is 1.06. The van der Waals surface area contributed by atoms with Gasteiger partial charge in [0.05, 0.1) is 0 Å². The Morgan fingerprint density at radius 3 is 2.54 bits per heavy atom. The summed E-state index contributed by atoms with van der Waals surface area (Å²) in [7, 11) is 0. The van der Waals surface area contributed by atoms with Gasteiger partial charge in [-0.05, 0) is 31.4 Å². The number of hydrogen-bond acceptors (Lipinski definition) is 5. The van der Waals surface area contributed by atoms with Gasteiger partial charge in [0, 0.05) is 23.6 Å². The zero-order chi connectivity index (χ0) is 19.5. The molecule has 0 aliphatic rings. The number of carbonyl (C=O) groups excluding carboxylic acids is 1. The van der Waals surface area contributed by atoms with Crippen LogP contribution in [0.15, 0.2) is 28.8 Å². The van der Waals surface area contributed by atoms with Crippen LogP contribution in [0.4, 0.5) is 0 Å². The van der Waals surface area contributed by atoms with E-state index in [1.165, 1.54) is 4.90 Å². The molecule has 0 bridgehead atoms. The van der Waals surface area contributed by atoms with Gasteiger partial charge in [0.1, 0.15) is 6.54 Å². The van der Waals surface area contributed by atoms with Gasteiger partial charge in [-0.3, -0.25) is 9.59 Å². The van der Waals surface area contributed by atoms with Crippen LogP contribution in [0.3, 0.4) is 0 Å². The molecule has 0 spiro atoms. The number of carboxylic acid groups (broad SMARTS) is 1. The van der Waals surface area contributed by atoms with Gasteiger partial charge in [0.25, 0.3) is 5.91 Å². The van der Waals surface area contributed by atoms with E-state index in [4.69, 9.17) is 9.63 Å². The highest BCUT2D eigenvalue weighted by atomic mass is 16.5. The van der Waals surface area contributed by atoms with Gasteiger partial charge in [-0.15, -0.1) is 0 Å². The fraction of sp³-hybridized carbons (Fsp3) is 0.474. The number of rotatable bonds is 6. The van der Waals surface area contributed by atoms with E-state index in [9.17, 15) is 9.59 Å². The second kappa shape index (κ2) is 7.68. The van der Waals surface area contributed by atoms with Gasteiger partial charge < -0.3 is 14.5 Å². The predicted octanol–water partition coefficient (Wildman–Crippen LogP) is 3.26. The number of nitrogens with zero attached hydrogens (tertiary/aromatic N) is 3. The number of carbonyl (C=O) groups is 2. The monoisotopic (exact) mass is 359 g/mol. The quantitative estimate of drug-likeness (QED) is 0.850. The Labute approximate surface area is 153 Å². The standard InChI is InChI=1S/C19H25N3O4/c1-12(2)22(11-16(23)24)18(25)14-8-6-7-13(9-14)17-20-15(26-21-17)10-19(3,4)5/h6-9,12H,10-11H2,1-5H3,(H,23,24). The van der Waals surface area contributed by atoms with Crippen molar-refractivity contribution >= 4 is 11.9 Å². The first-order valence-electron chi connectivity index (χ1n) is 8.52. The molecule has 0 unspecified atom stereocenters. The van der Waals surface area contributed by atoms with Crippen LogP contribution in [0.2, 0.25) is 0 Å². The molecule has 1 N–H and O–H groups in total. The zero-order valence-corrected chi connectivity index (χ0v) is 15.8. The Morgan fingerprint density at radius 1 is 1.27 bits per heavy atom. The Kier molecular flexibility index (Phi) is 5.79. The number of aromatic nitrogens is 2. The van der Waals surface area contributed by atoms with Crippen molar-refractivity contribution in [3.63, 3.8) is 0 Å². The lowest BCUT2D eigenvalue weighted by Gasteiger charge is -2.25. The van der Waals surface area contributed by atoms with Gasteiger partial charge >= 0.3 is 5.97 Å². The van der Waals surface area contributed by atoms with E-state index in [2.05, 4.69) is 30.9 Å². The molecule has 0 fully saturated rings. The van der Waals surface area contributed by atoms with Crippen molar-refractivity contribution in [2.24, 2.45) is 5.41 Å². The largest absolute Gasteiger partial charge is 0.480 e. The Bertz CT molecular complexity index is 790. The first-order chi connectivity index (χ1) is 12.1. The maximum atomic E-state index is 12.7.